The van der Waals surface area contributed by atoms with E-state index in [1.165, 1.54) is 0 Å². The van der Waals surface area contributed by atoms with Gasteiger partial charge in [-0.2, -0.15) is 5.26 Å². The first-order valence-electron chi connectivity index (χ1n) is 5.06. The maximum atomic E-state index is 8.86. The molecule has 0 saturated carbocycles. The molecule has 0 saturated heterocycles. The van der Waals surface area contributed by atoms with Gasteiger partial charge in [-0.3, -0.25) is 0 Å². The van der Waals surface area contributed by atoms with Gasteiger partial charge in [0.25, 0.3) is 0 Å². The normalized spacial score (nSPS) is 9.89. The lowest BCUT2D eigenvalue weighted by Crippen LogP contribution is -1.91. The summed E-state index contributed by atoms with van der Waals surface area (Å²) in [5, 5.41) is 9.68. The van der Waals surface area contributed by atoms with E-state index < -0.39 is 0 Å². The van der Waals surface area contributed by atoms with Crippen molar-refractivity contribution in [1.29, 1.82) is 5.26 Å². The van der Waals surface area contributed by atoms with Gasteiger partial charge in [-0.1, -0.05) is 23.2 Å². The SMILES string of the molecule is COc1ccc(Cl)c(Cl)c1-c1ccnc(C#N)c1. The molecule has 2 rings (SSSR count). The fourth-order valence-corrected chi connectivity index (χ4v) is 2.04. The van der Waals surface area contributed by atoms with E-state index in [-0.39, 0.29) is 0 Å². The van der Waals surface area contributed by atoms with Crippen molar-refractivity contribution >= 4 is 23.2 Å². The van der Waals surface area contributed by atoms with Crippen molar-refractivity contribution in [2.75, 3.05) is 7.11 Å². The third kappa shape index (κ3) is 2.26. The van der Waals surface area contributed by atoms with Gasteiger partial charge in [0.1, 0.15) is 17.5 Å². The second-order valence-electron chi connectivity index (χ2n) is 3.48. The molecule has 0 aliphatic carbocycles. The van der Waals surface area contributed by atoms with Crippen LogP contribution < -0.4 is 4.74 Å². The van der Waals surface area contributed by atoms with Crippen molar-refractivity contribution < 1.29 is 4.74 Å². The fraction of sp³-hybridized carbons (Fsp3) is 0.0769. The summed E-state index contributed by atoms with van der Waals surface area (Å²) in [5.74, 6) is 0.597. The van der Waals surface area contributed by atoms with Gasteiger partial charge in [0.2, 0.25) is 0 Å². The lowest BCUT2D eigenvalue weighted by molar-refractivity contribution is 0.416. The van der Waals surface area contributed by atoms with Crippen LogP contribution in [-0.4, -0.2) is 12.1 Å². The molecule has 0 spiro atoms. The quantitative estimate of drug-likeness (QED) is 0.836. The number of hydrogen-bond donors (Lipinski definition) is 0. The van der Waals surface area contributed by atoms with Gasteiger partial charge in [0, 0.05) is 11.8 Å². The Balaban J connectivity index is 2.69. The summed E-state index contributed by atoms with van der Waals surface area (Å²) < 4.78 is 5.26. The van der Waals surface area contributed by atoms with Crippen LogP contribution in [0.1, 0.15) is 5.69 Å². The molecule has 0 unspecified atom stereocenters. The number of ether oxygens (including phenoxy) is 1. The first-order valence-corrected chi connectivity index (χ1v) is 5.81. The molecule has 90 valence electrons. The van der Waals surface area contributed by atoms with E-state index in [9.17, 15) is 0 Å². The van der Waals surface area contributed by atoms with E-state index in [1.807, 2.05) is 6.07 Å². The third-order valence-electron chi connectivity index (χ3n) is 2.44. The number of aromatic nitrogens is 1. The number of methoxy groups -OCH3 is 1. The van der Waals surface area contributed by atoms with Crippen molar-refractivity contribution in [1.82, 2.24) is 4.98 Å². The van der Waals surface area contributed by atoms with Crippen LogP contribution in [0.25, 0.3) is 11.1 Å². The second-order valence-corrected chi connectivity index (χ2v) is 4.27. The van der Waals surface area contributed by atoms with Gasteiger partial charge in [-0.25, -0.2) is 4.98 Å². The summed E-state index contributed by atoms with van der Waals surface area (Å²) in [5.41, 5.74) is 1.71. The molecule has 0 bridgehead atoms. The summed E-state index contributed by atoms with van der Waals surface area (Å²) in [6.07, 6.45) is 1.55. The zero-order valence-electron chi connectivity index (χ0n) is 9.45. The van der Waals surface area contributed by atoms with Gasteiger partial charge in [0.15, 0.2) is 0 Å². The average molecular weight is 279 g/mol. The van der Waals surface area contributed by atoms with Crippen LogP contribution in [0.5, 0.6) is 5.75 Å². The highest BCUT2D eigenvalue weighted by Gasteiger charge is 2.14. The number of halogens is 2. The molecule has 0 radical (unpaired) electrons. The van der Waals surface area contributed by atoms with Crippen molar-refractivity contribution in [3.8, 4) is 22.9 Å². The van der Waals surface area contributed by atoms with Crippen LogP contribution in [0, 0.1) is 11.3 Å². The summed E-state index contributed by atoms with van der Waals surface area (Å²) in [6.45, 7) is 0. The lowest BCUT2D eigenvalue weighted by Gasteiger charge is -2.11. The first-order chi connectivity index (χ1) is 8.67. The fourth-order valence-electron chi connectivity index (χ4n) is 1.62. The Bertz CT molecular complexity index is 635. The van der Waals surface area contributed by atoms with E-state index in [0.29, 0.717) is 27.1 Å². The molecule has 3 nitrogen and oxygen atoms in total. The topological polar surface area (TPSA) is 45.9 Å². The minimum absolute atomic E-state index is 0.311. The Labute approximate surface area is 115 Å². The van der Waals surface area contributed by atoms with E-state index in [1.54, 1.807) is 37.6 Å². The Kier molecular flexibility index (Phi) is 3.71. The largest absolute Gasteiger partial charge is 0.496 e. The summed E-state index contributed by atoms with van der Waals surface area (Å²) in [6, 6.07) is 8.77. The van der Waals surface area contributed by atoms with Crippen LogP contribution >= 0.6 is 23.2 Å². The van der Waals surface area contributed by atoms with Gasteiger partial charge in [0.05, 0.1) is 17.2 Å². The number of hydrogen-bond acceptors (Lipinski definition) is 3. The smallest absolute Gasteiger partial charge is 0.141 e. The first kappa shape index (κ1) is 12.7. The molecular weight excluding hydrogens is 271 g/mol. The van der Waals surface area contributed by atoms with Crippen LogP contribution in [-0.2, 0) is 0 Å². The molecule has 1 aromatic heterocycles. The third-order valence-corrected chi connectivity index (χ3v) is 3.24. The van der Waals surface area contributed by atoms with Crippen LogP contribution in [0.4, 0.5) is 0 Å². The molecule has 0 fully saturated rings. The molecule has 1 heterocycles. The summed E-state index contributed by atoms with van der Waals surface area (Å²) in [4.78, 5) is 3.91. The van der Waals surface area contributed by atoms with E-state index in [0.717, 1.165) is 5.56 Å². The van der Waals surface area contributed by atoms with Gasteiger partial charge < -0.3 is 4.74 Å². The maximum Gasteiger partial charge on any atom is 0.141 e. The Morgan fingerprint density at radius 3 is 2.72 bits per heavy atom. The van der Waals surface area contributed by atoms with Crippen molar-refractivity contribution in [2.45, 2.75) is 0 Å². The second kappa shape index (κ2) is 5.26. The Hall–Kier alpha value is -1.76. The molecule has 0 atom stereocenters. The summed E-state index contributed by atoms with van der Waals surface area (Å²) in [7, 11) is 1.55. The lowest BCUT2D eigenvalue weighted by atomic mass is 10.0. The van der Waals surface area contributed by atoms with E-state index in [4.69, 9.17) is 33.2 Å². The van der Waals surface area contributed by atoms with Crippen molar-refractivity contribution in [2.24, 2.45) is 0 Å². The van der Waals surface area contributed by atoms with Crippen molar-refractivity contribution in [3.05, 3.63) is 46.2 Å². The number of nitriles is 1. The van der Waals surface area contributed by atoms with Gasteiger partial charge in [-0.05, 0) is 29.8 Å². The van der Waals surface area contributed by atoms with E-state index in [2.05, 4.69) is 4.98 Å². The van der Waals surface area contributed by atoms with Crippen molar-refractivity contribution in [3.63, 3.8) is 0 Å². The van der Waals surface area contributed by atoms with Gasteiger partial charge >= 0.3 is 0 Å². The predicted octanol–water partition coefficient (Wildman–Crippen LogP) is 3.94. The predicted molar refractivity (Wildman–Crippen MR) is 71.0 cm³/mol. The minimum atomic E-state index is 0.311. The minimum Gasteiger partial charge on any atom is -0.496 e. The number of benzene rings is 1. The average Bonchev–Trinajstić information content (AvgIpc) is 2.41. The van der Waals surface area contributed by atoms with Crippen LogP contribution in [0.2, 0.25) is 10.0 Å². The zero-order valence-corrected chi connectivity index (χ0v) is 11.0. The van der Waals surface area contributed by atoms with Crippen LogP contribution in [0.3, 0.4) is 0 Å². The number of nitrogens with zero attached hydrogens (tertiary/aromatic N) is 2. The molecule has 0 aliphatic rings. The highest BCUT2D eigenvalue weighted by molar-refractivity contribution is 6.44. The molecule has 0 N–H and O–H groups in total. The molecule has 5 heteroatoms. The zero-order chi connectivity index (χ0) is 13.1. The van der Waals surface area contributed by atoms with Gasteiger partial charge in [-0.15, -0.1) is 0 Å². The molecule has 1 aromatic carbocycles. The Morgan fingerprint density at radius 2 is 2.06 bits per heavy atom. The molecule has 0 aliphatic heterocycles. The molecular formula is C13H8Cl2N2O. The highest BCUT2D eigenvalue weighted by atomic mass is 35.5. The maximum absolute atomic E-state index is 8.86. The molecule has 2 aromatic rings. The molecule has 18 heavy (non-hydrogen) atoms. The van der Waals surface area contributed by atoms with Crippen LogP contribution in [0.15, 0.2) is 30.5 Å². The molecule has 0 amide bonds. The number of rotatable bonds is 2. The summed E-state index contributed by atoms with van der Waals surface area (Å²) >= 11 is 12.2. The van der Waals surface area contributed by atoms with E-state index >= 15 is 0 Å². The monoisotopic (exact) mass is 278 g/mol. The Morgan fingerprint density at radius 1 is 1.28 bits per heavy atom. The number of pyridine rings is 1. The standard InChI is InChI=1S/C13H8Cl2N2O/c1-18-11-3-2-10(14)13(15)12(11)8-4-5-17-9(6-8)7-16/h2-6H,1H3. The highest BCUT2D eigenvalue weighted by Crippen LogP contribution is 2.40.